The van der Waals surface area contributed by atoms with Crippen molar-refractivity contribution in [3.63, 3.8) is 0 Å². The van der Waals surface area contributed by atoms with Crippen molar-refractivity contribution >= 4 is 23.2 Å². The monoisotopic (exact) mass is 317 g/mol. The van der Waals surface area contributed by atoms with Crippen LogP contribution >= 0.6 is 0 Å². The van der Waals surface area contributed by atoms with Gasteiger partial charge in [0.15, 0.2) is 6.61 Å². The van der Waals surface area contributed by atoms with Gasteiger partial charge in [0.25, 0.3) is 5.91 Å². The first-order chi connectivity index (χ1) is 11.0. The van der Waals surface area contributed by atoms with E-state index in [4.69, 9.17) is 4.74 Å². The summed E-state index contributed by atoms with van der Waals surface area (Å²) >= 11 is 0. The van der Waals surface area contributed by atoms with Crippen LogP contribution in [0, 0.1) is 5.92 Å². The first-order valence-corrected chi connectivity index (χ1v) is 8.07. The molecule has 1 aromatic rings. The molecule has 1 N–H and O–H groups in total. The maximum Gasteiger partial charge on any atom is 0.265 e. The van der Waals surface area contributed by atoms with Gasteiger partial charge in [-0.3, -0.25) is 9.59 Å². The Morgan fingerprint density at radius 1 is 1.39 bits per heavy atom. The standard InChI is InChI=1S/C17H23N3O3/c1-19(2)8-3-9-20-14-10-13(18-17(22)12-4-5-12)6-7-15(14)23-11-16(20)21/h6-7,10,12H,3-5,8-9,11H2,1-2H3,(H,18,22). The molecule has 0 unspecified atom stereocenters. The number of hydrogen-bond donors (Lipinski definition) is 1. The van der Waals surface area contributed by atoms with Crippen molar-refractivity contribution in [2.75, 3.05) is 44.0 Å². The van der Waals surface area contributed by atoms with Crippen molar-refractivity contribution in [1.29, 1.82) is 0 Å². The lowest BCUT2D eigenvalue weighted by Gasteiger charge is -2.30. The zero-order valence-corrected chi connectivity index (χ0v) is 13.7. The van der Waals surface area contributed by atoms with E-state index in [2.05, 4.69) is 10.2 Å². The molecule has 3 rings (SSSR count). The number of anilines is 2. The van der Waals surface area contributed by atoms with E-state index in [-0.39, 0.29) is 24.3 Å². The van der Waals surface area contributed by atoms with Crippen LogP contribution in [0.2, 0.25) is 0 Å². The maximum atomic E-state index is 12.2. The Hall–Kier alpha value is -2.08. The van der Waals surface area contributed by atoms with Crippen molar-refractivity contribution in [1.82, 2.24) is 4.90 Å². The summed E-state index contributed by atoms with van der Waals surface area (Å²) in [5, 5.41) is 2.92. The molecule has 23 heavy (non-hydrogen) atoms. The molecular weight excluding hydrogens is 294 g/mol. The van der Waals surface area contributed by atoms with Crippen LogP contribution in [0.15, 0.2) is 18.2 Å². The van der Waals surface area contributed by atoms with Gasteiger partial charge < -0.3 is 19.9 Å². The van der Waals surface area contributed by atoms with E-state index < -0.39 is 0 Å². The fourth-order valence-corrected chi connectivity index (χ4v) is 2.66. The third kappa shape index (κ3) is 3.82. The Morgan fingerprint density at radius 3 is 2.87 bits per heavy atom. The van der Waals surface area contributed by atoms with Crippen molar-refractivity contribution in [3.05, 3.63) is 18.2 Å². The lowest BCUT2D eigenvalue weighted by Crippen LogP contribution is -2.40. The van der Waals surface area contributed by atoms with Gasteiger partial charge in [-0.05, 0) is 58.1 Å². The molecule has 1 aromatic carbocycles. The lowest BCUT2D eigenvalue weighted by atomic mass is 10.2. The Morgan fingerprint density at radius 2 is 2.17 bits per heavy atom. The van der Waals surface area contributed by atoms with Gasteiger partial charge in [-0.15, -0.1) is 0 Å². The highest BCUT2D eigenvalue weighted by Crippen LogP contribution is 2.36. The molecular formula is C17H23N3O3. The van der Waals surface area contributed by atoms with Gasteiger partial charge in [-0.2, -0.15) is 0 Å². The molecule has 0 aromatic heterocycles. The molecule has 0 atom stereocenters. The van der Waals surface area contributed by atoms with E-state index >= 15 is 0 Å². The van der Waals surface area contributed by atoms with Gasteiger partial charge in [0.2, 0.25) is 5.91 Å². The number of ether oxygens (including phenoxy) is 1. The van der Waals surface area contributed by atoms with Gasteiger partial charge >= 0.3 is 0 Å². The molecule has 2 amide bonds. The molecule has 1 heterocycles. The normalized spacial score (nSPS) is 17.0. The summed E-state index contributed by atoms with van der Waals surface area (Å²) in [7, 11) is 4.03. The van der Waals surface area contributed by atoms with Crippen LogP contribution in [0.25, 0.3) is 0 Å². The van der Waals surface area contributed by atoms with E-state index in [0.717, 1.165) is 37.2 Å². The number of carbonyl (C=O) groups excluding carboxylic acids is 2. The Kier molecular flexibility index (Phi) is 4.52. The Balaban J connectivity index is 1.74. The number of rotatable bonds is 6. The second kappa shape index (κ2) is 6.58. The van der Waals surface area contributed by atoms with Crippen molar-refractivity contribution < 1.29 is 14.3 Å². The van der Waals surface area contributed by atoms with Gasteiger partial charge in [-0.1, -0.05) is 0 Å². The highest BCUT2D eigenvalue weighted by molar-refractivity contribution is 6.00. The predicted molar refractivity (Wildman–Crippen MR) is 88.8 cm³/mol. The third-order valence-electron chi connectivity index (χ3n) is 4.10. The summed E-state index contributed by atoms with van der Waals surface area (Å²) in [5.41, 5.74) is 1.46. The quantitative estimate of drug-likeness (QED) is 0.868. The van der Waals surface area contributed by atoms with Gasteiger partial charge in [0, 0.05) is 18.2 Å². The molecule has 1 fully saturated rings. The fourth-order valence-electron chi connectivity index (χ4n) is 2.66. The minimum atomic E-state index is -0.0399. The number of fused-ring (bicyclic) bond motifs is 1. The summed E-state index contributed by atoms with van der Waals surface area (Å²) in [6, 6.07) is 5.48. The highest BCUT2D eigenvalue weighted by Gasteiger charge is 2.30. The second-order valence-electron chi connectivity index (χ2n) is 6.44. The SMILES string of the molecule is CN(C)CCCN1C(=O)COc2ccc(NC(=O)C3CC3)cc21. The Labute approximate surface area is 136 Å². The van der Waals surface area contributed by atoms with E-state index in [9.17, 15) is 9.59 Å². The van der Waals surface area contributed by atoms with Crippen molar-refractivity contribution in [2.24, 2.45) is 5.92 Å². The average molecular weight is 317 g/mol. The molecule has 1 aliphatic heterocycles. The molecule has 1 saturated carbocycles. The lowest BCUT2D eigenvalue weighted by molar-refractivity contribution is -0.121. The molecule has 124 valence electrons. The first kappa shape index (κ1) is 15.8. The second-order valence-corrected chi connectivity index (χ2v) is 6.44. The summed E-state index contributed by atoms with van der Waals surface area (Å²) < 4.78 is 5.50. The van der Waals surface area contributed by atoms with Gasteiger partial charge in [0.1, 0.15) is 5.75 Å². The van der Waals surface area contributed by atoms with E-state index in [1.807, 2.05) is 32.3 Å². The van der Waals surface area contributed by atoms with Crippen LogP contribution in [0.3, 0.4) is 0 Å². The van der Waals surface area contributed by atoms with Crippen LogP contribution in [-0.2, 0) is 9.59 Å². The summed E-state index contributed by atoms with van der Waals surface area (Å²) in [5.74, 6) is 0.869. The maximum absolute atomic E-state index is 12.2. The average Bonchev–Trinajstić information content (AvgIpc) is 3.34. The predicted octanol–water partition coefficient (Wildman–Crippen LogP) is 1.71. The minimum absolute atomic E-state index is 0.0399. The van der Waals surface area contributed by atoms with Gasteiger partial charge in [0.05, 0.1) is 5.69 Å². The number of hydrogen-bond acceptors (Lipinski definition) is 4. The molecule has 0 spiro atoms. The smallest absolute Gasteiger partial charge is 0.265 e. The fraction of sp³-hybridized carbons (Fsp3) is 0.529. The third-order valence-corrected chi connectivity index (χ3v) is 4.10. The summed E-state index contributed by atoms with van der Waals surface area (Å²) in [6.07, 6.45) is 2.82. The van der Waals surface area contributed by atoms with Crippen LogP contribution in [0.4, 0.5) is 11.4 Å². The number of amides is 2. The molecule has 6 heteroatoms. The number of carbonyl (C=O) groups is 2. The zero-order chi connectivity index (χ0) is 16.4. The van der Waals surface area contributed by atoms with E-state index in [1.54, 1.807) is 4.90 Å². The zero-order valence-electron chi connectivity index (χ0n) is 13.7. The Bertz CT molecular complexity index is 611. The molecule has 0 radical (unpaired) electrons. The molecule has 0 bridgehead atoms. The number of nitrogens with one attached hydrogen (secondary N) is 1. The molecule has 1 aliphatic carbocycles. The minimum Gasteiger partial charge on any atom is -0.482 e. The van der Waals surface area contributed by atoms with Crippen LogP contribution in [0.5, 0.6) is 5.75 Å². The van der Waals surface area contributed by atoms with Crippen LogP contribution in [0.1, 0.15) is 19.3 Å². The number of nitrogens with zero attached hydrogens (tertiary/aromatic N) is 2. The molecule has 6 nitrogen and oxygen atoms in total. The van der Waals surface area contributed by atoms with E-state index in [0.29, 0.717) is 12.3 Å². The van der Waals surface area contributed by atoms with Gasteiger partial charge in [-0.25, -0.2) is 0 Å². The largest absolute Gasteiger partial charge is 0.482 e. The van der Waals surface area contributed by atoms with Crippen LogP contribution in [-0.4, -0.2) is 50.5 Å². The number of benzene rings is 1. The topological polar surface area (TPSA) is 61.9 Å². The van der Waals surface area contributed by atoms with Crippen molar-refractivity contribution in [2.45, 2.75) is 19.3 Å². The van der Waals surface area contributed by atoms with E-state index in [1.165, 1.54) is 0 Å². The first-order valence-electron chi connectivity index (χ1n) is 8.07. The molecule has 2 aliphatic rings. The molecule has 0 saturated heterocycles. The van der Waals surface area contributed by atoms with Crippen molar-refractivity contribution in [3.8, 4) is 5.75 Å². The summed E-state index contributed by atoms with van der Waals surface area (Å²) in [6.45, 7) is 1.63. The summed E-state index contributed by atoms with van der Waals surface area (Å²) in [4.78, 5) is 27.9. The highest BCUT2D eigenvalue weighted by atomic mass is 16.5. The van der Waals surface area contributed by atoms with Crippen LogP contribution < -0.4 is 15.0 Å².